The maximum atomic E-state index is 12.4. The molecule has 3 aromatic heterocycles. The van der Waals surface area contributed by atoms with Crippen LogP contribution < -0.4 is 4.90 Å². The summed E-state index contributed by atoms with van der Waals surface area (Å²) >= 11 is 1.55. The molecule has 7 nitrogen and oxygen atoms in total. The summed E-state index contributed by atoms with van der Waals surface area (Å²) in [7, 11) is 0. The third kappa shape index (κ3) is 3.20. The molecular formula is C18H20N6OS. The SMILES string of the molecule is Cc1cc(C)n(-c2ccc(N3CCN(C(=O)c4ccsc4)CC3)nn2)n1. The summed E-state index contributed by atoms with van der Waals surface area (Å²) < 4.78 is 1.80. The summed E-state index contributed by atoms with van der Waals surface area (Å²) in [5.41, 5.74) is 2.77. The lowest BCUT2D eigenvalue weighted by Crippen LogP contribution is -2.49. The number of thiophene rings is 1. The molecule has 4 heterocycles. The van der Waals surface area contributed by atoms with E-state index in [1.54, 1.807) is 16.0 Å². The average molecular weight is 368 g/mol. The van der Waals surface area contributed by atoms with Crippen molar-refractivity contribution >= 4 is 23.1 Å². The van der Waals surface area contributed by atoms with E-state index in [1.165, 1.54) is 0 Å². The molecule has 0 radical (unpaired) electrons. The fourth-order valence-electron chi connectivity index (χ4n) is 3.17. The van der Waals surface area contributed by atoms with Crippen molar-refractivity contribution in [2.75, 3.05) is 31.1 Å². The molecule has 26 heavy (non-hydrogen) atoms. The van der Waals surface area contributed by atoms with E-state index in [4.69, 9.17) is 0 Å². The van der Waals surface area contributed by atoms with Crippen molar-refractivity contribution in [1.29, 1.82) is 0 Å². The van der Waals surface area contributed by atoms with Crippen molar-refractivity contribution in [3.05, 3.63) is 52.0 Å². The summed E-state index contributed by atoms with van der Waals surface area (Å²) in [6.07, 6.45) is 0. The largest absolute Gasteiger partial charge is 0.352 e. The summed E-state index contributed by atoms with van der Waals surface area (Å²) in [5, 5.41) is 17.0. The molecule has 8 heteroatoms. The Morgan fingerprint density at radius 3 is 2.35 bits per heavy atom. The normalized spacial score (nSPS) is 14.7. The van der Waals surface area contributed by atoms with Crippen molar-refractivity contribution in [2.24, 2.45) is 0 Å². The first kappa shape index (κ1) is 16.7. The number of nitrogens with zero attached hydrogens (tertiary/aromatic N) is 6. The van der Waals surface area contributed by atoms with Gasteiger partial charge in [-0.25, -0.2) is 4.68 Å². The van der Waals surface area contributed by atoms with Gasteiger partial charge in [0.25, 0.3) is 5.91 Å². The van der Waals surface area contributed by atoms with Crippen molar-refractivity contribution < 1.29 is 4.79 Å². The molecule has 0 unspecified atom stereocenters. The summed E-state index contributed by atoms with van der Waals surface area (Å²) in [6.45, 7) is 6.85. The third-order valence-electron chi connectivity index (χ3n) is 4.52. The molecule has 0 atom stereocenters. The van der Waals surface area contributed by atoms with Gasteiger partial charge in [-0.1, -0.05) is 0 Å². The Morgan fingerprint density at radius 1 is 1.04 bits per heavy atom. The molecule has 1 fully saturated rings. The van der Waals surface area contributed by atoms with Gasteiger partial charge in [0.1, 0.15) is 0 Å². The van der Waals surface area contributed by atoms with Crippen LogP contribution >= 0.6 is 11.3 Å². The highest BCUT2D eigenvalue weighted by Crippen LogP contribution is 2.17. The number of hydrogen-bond acceptors (Lipinski definition) is 6. The number of anilines is 1. The zero-order chi connectivity index (χ0) is 18.1. The lowest BCUT2D eigenvalue weighted by Gasteiger charge is -2.35. The molecule has 0 bridgehead atoms. The van der Waals surface area contributed by atoms with E-state index in [9.17, 15) is 4.79 Å². The van der Waals surface area contributed by atoms with Gasteiger partial charge in [-0.3, -0.25) is 4.79 Å². The van der Waals surface area contributed by atoms with E-state index in [2.05, 4.69) is 20.2 Å². The molecule has 1 amide bonds. The minimum absolute atomic E-state index is 0.108. The third-order valence-corrected chi connectivity index (χ3v) is 5.21. The zero-order valence-electron chi connectivity index (χ0n) is 14.8. The van der Waals surface area contributed by atoms with Gasteiger partial charge < -0.3 is 9.80 Å². The van der Waals surface area contributed by atoms with Crippen LogP contribution in [0.4, 0.5) is 5.82 Å². The zero-order valence-corrected chi connectivity index (χ0v) is 15.6. The maximum absolute atomic E-state index is 12.4. The second-order valence-electron chi connectivity index (χ2n) is 6.38. The Balaban J connectivity index is 1.42. The Kier molecular flexibility index (Phi) is 4.42. The molecule has 1 saturated heterocycles. The quantitative estimate of drug-likeness (QED) is 0.710. The van der Waals surface area contributed by atoms with E-state index in [0.29, 0.717) is 18.9 Å². The number of carbonyl (C=O) groups excluding carboxylic acids is 1. The summed E-state index contributed by atoms with van der Waals surface area (Å²) in [5.74, 6) is 1.65. The van der Waals surface area contributed by atoms with Crippen LogP contribution in [0.15, 0.2) is 35.0 Å². The number of aryl methyl sites for hydroxylation is 2. The van der Waals surface area contributed by atoms with Crippen molar-refractivity contribution in [3.8, 4) is 5.82 Å². The van der Waals surface area contributed by atoms with Gasteiger partial charge in [0, 0.05) is 37.3 Å². The first-order valence-electron chi connectivity index (χ1n) is 8.55. The van der Waals surface area contributed by atoms with Crippen molar-refractivity contribution in [1.82, 2.24) is 24.9 Å². The van der Waals surface area contributed by atoms with E-state index in [1.807, 2.05) is 53.8 Å². The van der Waals surface area contributed by atoms with Crippen molar-refractivity contribution in [3.63, 3.8) is 0 Å². The number of piperazine rings is 1. The molecular weight excluding hydrogens is 348 g/mol. The van der Waals surface area contributed by atoms with Crippen LogP contribution in [-0.4, -0.2) is 57.0 Å². The second-order valence-corrected chi connectivity index (χ2v) is 7.16. The first-order chi connectivity index (χ1) is 12.6. The van der Waals surface area contributed by atoms with Crippen LogP contribution in [0.3, 0.4) is 0 Å². The summed E-state index contributed by atoms with van der Waals surface area (Å²) in [4.78, 5) is 16.5. The lowest BCUT2D eigenvalue weighted by molar-refractivity contribution is 0.0747. The predicted octanol–water partition coefficient (Wildman–Crippen LogP) is 2.30. The molecule has 0 aliphatic carbocycles. The van der Waals surface area contributed by atoms with Crippen molar-refractivity contribution in [2.45, 2.75) is 13.8 Å². The van der Waals surface area contributed by atoms with E-state index >= 15 is 0 Å². The fraction of sp³-hybridized carbons (Fsp3) is 0.333. The number of hydrogen-bond donors (Lipinski definition) is 0. The molecule has 4 rings (SSSR count). The molecule has 0 saturated carbocycles. The van der Waals surface area contributed by atoms with E-state index < -0.39 is 0 Å². The topological polar surface area (TPSA) is 67.2 Å². The summed E-state index contributed by atoms with van der Waals surface area (Å²) in [6, 6.07) is 7.79. The van der Waals surface area contributed by atoms with Crippen LogP contribution in [0, 0.1) is 13.8 Å². The second kappa shape index (κ2) is 6.87. The number of amides is 1. The van der Waals surface area contributed by atoms with E-state index in [0.717, 1.165) is 35.9 Å². The first-order valence-corrected chi connectivity index (χ1v) is 9.50. The molecule has 0 aromatic carbocycles. The minimum atomic E-state index is 0.108. The van der Waals surface area contributed by atoms with Gasteiger partial charge >= 0.3 is 0 Å². The van der Waals surface area contributed by atoms with Gasteiger partial charge in [-0.2, -0.15) is 16.4 Å². The molecule has 0 spiro atoms. The van der Waals surface area contributed by atoms with Crippen LogP contribution in [0.1, 0.15) is 21.7 Å². The highest BCUT2D eigenvalue weighted by molar-refractivity contribution is 7.08. The Bertz CT molecular complexity index is 894. The Hall–Kier alpha value is -2.74. The predicted molar refractivity (Wildman–Crippen MR) is 101 cm³/mol. The van der Waals surface area contributed by atoms with E-state index in [-0.39, 0.29) is 5.91 Å². The molecule has 3 aromatic rings. The number of carbonyl (C=O) groups is 1. The Labute approximate surface area is 155 Å². The smallest absolute Gasteiger partial charge is 0.254 e. The fourth-order valence-corrected chi connectivity index (χ4v) is 3.80. The average Bonchev–Trinajstić information content (AvgIpc) is 3.31. The molecule has 1 aliphatic rings. The van der Waals surface area contributed by atoms with Gasteiger partial charge in [-0.15, -0.1) is 10.2 Å². The van der Waals surface area contributed by atoms with Gasteiger partial charge in [0.2, 0.25) is 0 Å². The number of aromatic nitrogens is 4. The Morgan fingerprint density at radius 2 is 1.77 bits per heavy atom. The van der Waals surface area contributed by atoms with Crippen LogP contribution in [0.25, 0.3) is 5.82 Å². The molecule has 1 aliphatic heterocycles. The van der Waals surface area contributed by atoms with Gasteiger partial charge in [0.05, 0.1) is 11.3 Å². The monoisotopic (exact) mass is 368 g/mol. The van der Waals surface area contributed by atoms with Gasteiger partial charge in [-0.05, 0) is 43.5 Å². The minimum Gasteiger partial charge on any atom is -0.352 e. The van der Waals surface area contributed by atoms with Gasteiger partial charge in [0.15, 0.2) is 11.6 Å². The number of rotatable bonds is 3. The van der Waals surface area contributed by atoms with Crippen LogP contribution in [-0.2, 0) is 0 Å². The lowest BCUT2D eigenvalue weighted by atomic mass is 10.2. The van der Waals surface area contributed by atoms with Crippen LogP contribution in [0.5, 0.6) is 0 Å². The highest BCUT2D eigenvalue weighted by Gasteiger charge is 2.23. The molecule has 0 N–H and O–H groups in total. The highest BCUT2D eigenvalue weighted by atomic mass is 32.1. The maximum Gasteiger partial charge on any atom is 0.254 e. The molecule has 134 valence electrons. The van der Waals surface area contributed by atoms with Crippen LogP contribution in [0.2, 0.25) is 0 Å². The standard InChI is InChI=1S/C18H20N6OS/c1-13-11-14(2)24(21-13)17-4-3-16(19-20-17)22-6-8-23(9-7-22)18(25)15-5-10-26-12-15/h3-5,10-12H,6-9H2,1-2H3.